The van der Waals surface area contributed by atoms with Gasteiger partial charge in [0.15, 0.2) is 0 Å². The molecule has 13 nitrogen and oxygen atoms in total. The number of hydrogen-bond acceptors (Lipinski definition) is 10. The van der Waals surface area contributed by atoms with E-state index < -0.39 is 24.0 Å². The van der Waals surface area contributed by atoms with Crippen LogP contribution in [0.2, 0.25) is 0 Å². The van der Waals surface area contributed by atoms with E-state index in [-0.39, 0.29) is 30.0 Å². The summed E-state index contributed by atoms with van der Waals surface area (Å²) >= 11 is 0. The summed E-state index contributed by atoms with van der Waals surface area (Å²) in [6.45, 7) is 15.4. The molecule has 0 saturated carbocycles. The Bertz CT molecular complexity index is 1170. The number of benzene rings is 1. The standard InChI is InChI=1S/C20H28N2O5.C13H28N2O2.C5H9NO.C3H8/c1-14(18(26-2)17-10-7-11-22(17)13-23)19(24)21-16(20(25)27-3)12-15-8-5-4-6-9-15;1-7-10(3)13(11(8-2)17-6)15(5)12(16)9-14-4;7-4-5-1-2-6-3-5;1-3-2/h4-6,8-9,13-14,16-18H,7,10-12H2,1-3H3,(H,21,24);10-11,13-14H,7-9H2,1-6H3;4-6H,1-3H2;3H2,1-2H3. The smallest absolute Gasteiger partial charge is 0.328 e. The molecule has 54 heavy (non-hydrogen) atoms. The molecule has 0 spiro atoms. The van der Waals surface area contributed by atoms with Crippen molar-refractivity contribution >= 4 is 30.5 Å². The molecule has 8 atom stereocenters. The van der Waals surface area contributed by atoms with E-state index in [1.54, 1.807) is 26.0 Å². The third-order valence-electron chi connectivity index (χ3n) is 9.89. The maximum absolute atomic E-state index is 12.8. The lowest BCUT2D eigenvalue weighted by Gasteiger charge is -2.37. The van der Waals surface area contributed by atoms with Gasteiger partial charge in [0, 0.05) is 46.7 Å². The first-order valence-electron chi connectivity index (χ1n) is 19.6. The van der Waals surface area contributed by atoms with Gasteiger partial charge in [0.1, 0.15) is 12.3 Å². The number of carbonyl (C=O) groups excluding carboxylic acids is 5. The fourth-order valence-corrected chi connectivity index (χ4v) is 6.65. The van der Waals surface area contributed by atoms with Gasteiger partial charge in [-0.1, -0.05) is 84.7 Å². The van der Waals surface area contributed by atoms with Crippen LogP contribution >= 0.6 is 0 Å². The van der Waals surface area contributed by atoms with Crippen molar-refractivity contribution in [3.8, 4) is 0 Å². The van der Waals surface area contributed by atoms with Crippen molar-refractivity contribution in [3.63, 3.8) is 0 Å². The zero-order valence-corrected chi connectivity index (χ0v) is 35.1. The Balaban J connectivity index is 0.000000879. The summed E-state index contributed by atoms with van der Waals surface area (Å²) in [4.78, 5) is 61.6. The number of nitrogens with one attached hydrogen (secondary N) is 3. The second-order valence-corrected chi connectivity index (χ2v) is 14.0. The first kappa shape index (κ1) is 50.6. The van der Waals surface area contributed by atoms with E-state index in [9.17, 15) is 24.0 Å². The molecular formula is C41H73N5O8. The molecule has 2 fully saturated rings. The highest BCUT2D eigenvalue weighted by molar-refractivity contribution is 5.86. The number of esters is 1. The van der Waals surface area contributed by atoms with Gasteiger partial charge in [0.2, 0.25) is 18.2 Å². The lowest BCUT2D eigenvalue weighted by atomic mass is 9.91. The third-order valence-corrected chi connectivity index (χ3v) is 9.89. The van der Waals surface area contributed by atoms with Crippen molar-refractivity contribution in [2.75, 3.05) is 61.6 Å². The van der Waals surface area contributed by atoms with E-state index >= 15 is 0 Å². The van der Waals surface area contributed by atoms with Gasteiger partial charge in [-0.3, -0.25) is 14.4 Å². The van der Waals surface area contributed by atoms with Gasteiger partial charge in [-0.25, -0.2) is 4.79 Å². The lowest BCUT2D eigenvalue weighted by Crippen LogP contribution is -2.51. The van der Waals surface area contributed by atoms with E-state index in [0.717, 1.165) is 63.5 Å². The number of hydrogen-bond donors (Lipinski definition) is 3. The SMILES string of the molecule is CCC.CCC(C)C(C(CC)OC)N(C)C(=O)CNC.COC(=O)C(Cc1ccccc1)NC(=O)C(C)C(OC)C1CCCN1C=O.O=CC1CCNC1. The zero-order valence-electron chi connectivity index (χ0n) is 35.1. The molecule has 3 rings (SSSR count). The zero-order chi connectivity index (χ0) is 41.1. The van der Waals surface area contributed by atoms with E-state index in [0.29, 0.717) is 31.3 Å². The van der Waals surface area contributed by atoms with Crippen molar-refractivity contribution in [1.82, 2.24) is 25.8 Å². The molecule has 2 saturated heterocycles. The number of amides is 3. The highest BCUT2D eigenvalue weighted by atomic mass is 16.5. The molecule has 0 radical (unpaired) electrons. The average Bonchev–Trinajstić information content (AvgIpc) is 3.90. The van der Waals surface area contributed by atoms with Crippen LogP contribution in [0.3, 0.4) is 0 Å². The summed E-state index contributed by atoms with van der Waals surface area (Å²) in [5, 5.41) is 8.78. The summed E-state index contributed by atoms with van der Waals surface area (Å²) in [6.07, 6.45) is 7.77. The topological polar surface area (TPSA) is 156 Å². The van der Waals surface area contributed by atoms with Gasteiger partial charge in [-0.15, -0.1) is 0 Å². The van der Waals surface area contributed by atoms with Crippen LogP contribution < -0.4 is 16.0 Å². The predicted octanol–water partition coefficient (Wildman–Crippen LogP) is 3.87. The minimum atomic E-state index is -0.782. The molecule has 2 aliphatic rings. The summed E-state index contributed by atoms with van der Waals surface area (Å²) in [6, 6.07) is 8.66. The molecule has 0 bridgehead atoms. The van der Waals surface area contributed by atoms with Crippen LogP contribution in [0.25, 0.3) is 0 Å². The van der Waals surface area contributed by atoms with Crippen molar-refractivity contribution in [3.05, 3.63) is 35.9 Å². The van der Waals surface area contributed by atoms with E-state index in [1.807, 2.05) is 42.3 Å². The minimum absolute atomic E-state index is 0.107. The molecule has 1 aromatic rings. The van der Waals surface area contributed by atoms with Crippen LogP contribution in [0.1, 0.15) is 85.6 Å². The molecule has 3 amide bonds. The van der Waals surface area contributed by atoms with Crippen molar-refractivity contribution in [2.45, 2.75) is 117 Å². The number of likely N-dealkylation sites (N-methyl/N-ethyl adjacent to an activating group) is 2. The molecule has 1 aromatic carbocycles. The first-order chi connectivity index (χ1) is 25.9. The summed E-state index contributed by atoms with van der Waals surface area (Å²) in [7, 11) is 8.22. The summed E-state index contributed by atoms with van der Waals surface area (Å²) in [5.41, 5.74) is 0.923. The quantitative estimate of drug-likeness (QED) is 0.148. The van der Waals surface area contributed by atoms with Crippen LogP contribution in [-0.2, 0) is 44.6 Å². The van der Waals surface area contributed by atoms with Crippen LogP contribution in [-0.4, -0.2) is 132 Å². The Morgan fingerprint density at radius 3 is 2.09 bits per heavy atom. The van der Waals surface area contributed by atoms with Crippen molar-refractivity contribution in [1.29, 1.82) is 0 Å². The maximum Gasteiger partial charge on any atom is 0.328 e. The minimum Gasteiger partial charge on any atom is -0.467 e. The molecule has 310 valence electrons. The largest absolute Gasteiger partial charge is 0.467 e. The maximum atomic E-state index is 12.8. The van der Waals surface area contributed by atoms with Crippen LogP contribution in [0.5, 0.6) is 0 Å². The lowest BCUT2D eigenvalue weighted by molar-refractivity contribution is -0.146. The summed E-state index contributed by atoms with van der Waals surface area (Å²) < 4.78 is 15.9. The van der Waals surface area contributed by atoms with Crippen molar-refractivity contribution < 1.29 is 38.2 Å². The number of likely N-dealkylation sites (tertiary alicyclic amines) is 1. The molecule has 0 aromatic heterocycles. The normalized spacial score (nSPS) is 19.4. The number of ether oxygens (including phenoxy) is 3. The fraction of sp³-hybridized carbons (Fsp3) is 0.732. The third kappa shape index (κ3) is 17.8. The fourth-order valence-electron chi connectivity index (χ4n) is 6.65. The van der Waals surface area contributed by atoms with Gasteiger partial charge in [0.05, 0.1) is 43.9 Å². The molecule has 8 unspecified atom stereocenters. The number of aldehydes is 1. The Kier molecular flexibility index (Phi) is 28.0. The Morgan fingerprint density at radius 1 is 1.00 bits per heavy atom. The molecule has 0 aliphatic carbocycles. The highest BCUT2D eigenvalue weighted by Gasteiger charge is 2.38. The second kappa shape index (κ2) is 29.9. The number of rotatable bonds is 18. The van der Waals surface area contributed by atoms with Gasteiger partial charge in [0.25, 0.3) is 0 Å². The Labute approximate surface area is 326 Å². The average molecular weight is 764 g/mol. The predicted molar refractivity (Wildman–Crippen MR) is 214 cm³/mol. The van der Waals surface area contributed by atoms with Gasteiger partial charge >= 0.3 is 5.97 Å². The Hall–Kier alpha value is -3.39. The monoisotopic (exact) mass is 764 g/mol. The first-order valence-corrected chi connectivity index (χ1v) is 19.6. The van der Waals surface area contributed by atoms with Crippen molar-refractivity contribution in [2.24, 2.45) is 17.8 Å². The number of methoxy groups -OCH3 is 3. The van der Waals surface area contributed by atoms with Crippen LogP contribution in [0.4, 0.5) is 0 Å². The summed E-state index contributed by atoms with van der Waals surface area (Å²) in [5.74, 6) is -0.461. The van der Waals surface area contributed by atoms with Crippen LogP contribution in [0.15, 0.2) is 30.3 Å². The number of carbonyl (C=O) groups is 5. The van der Waals surface area contributed by atoms with Gasteiger partial charge < -0.3 is 44.8 Å². The molecule has 13 heteroatoms. The number of nitrogens with zero attached hydrogens (tertiary/aromatic N) is 2. The second-order valence-electron chi connectivity index (χ2n) is 14.0. The van der Waals surface area contributed by atoms with Gasteiger partial charge in [-0.05, 0) is 50.8 Å². The van der Waals surface area contributed by atoms with E-state index in [1.165, 1.54) is 20.6 Å². The molecule has 3 N–H and O–H groups in total. The van der Waals surface area contributed by atoms with Crippen LogP contribution in [0, 0.1) is 17.8 Å². The molecule has 2 aliphatic heterocycles. The highest BCUT2D eigenvalue weighted by Crippen LogP contribution is 2.25. The molecular weight excluding hydrogens is 690 g/mol. The van der Waals surface area contributed by atoms with E-state index in [4.69, 9.17) is 14.2 Å². The van der Waals surface area contributed by atoms with Gasteiger partial charge in [-0.2, -0.15) is 0 Å². The van der Waals surface area contributed by atoms with E-state index in [2.05, 4.69) is 50.6 Å². The molecule has 2 heterocycles. The Morgan fingerprint density at radius 2 is 1.65 bits per heavy atom.